The van der Waals surface area contributed by atoms with Gasteiger partial charge in [-0.1, -0.05) is 13.0 Å². The first-order valence-corrected chi connectivity index (χ1v) is 8.49. The molecule has 2 aliphatic heterocycles. The third-order valence-electron chi connectivity index (χ3n) is 4.71. The predicted octanol–water partition coefficient (Wildman–Crippen LogP) is 2.76. The molecule has 1 aromatic heterocycles. The Kier molecular flexibility index (Phi) is 3.98. The van der Waals surface area contributed by atoms with Crippen molar-refractivity contribution < 1.29 is 9.53 Å². The van der Waals surface area contributed by atoms with Gasteiger partial charge < -0.3 is 14.2 Å². The number of piperidine rings is 1. The normalized spacial score (nSPS) is 23.4. The molecule has 5 heteroatoms. The van der Waals surface area contributed by atoms with Gasteiger partial charge in [0.15, 0.2) is 0 Å². The number of ether oxygens (including phenoxy) is 1. The summed E-state index contributed by atoms with van der Waals surface area (Å²) in [6.45, 7) is 9.80. The number of amides is 1. The zero-order valence-electron chi connectivity index (χ0n) is 14.5. The maximum absolute atomic E-state index is 12.4. The zero-order chi connectivity index (χ0) is 16.8. The number of rotatable bonds is 1. The molecule has 0 spiro atoms. The highest BCUT2D eigenvalue weighted by atomic mass is 16.6. The topological polar surface area (TPSA) is 51.5 Å². The molecule has 1 amide bonds. The monoisotopic (exact) mass is 318 g/mol. The molecule has 0 radical (unpaired) electrons. The molecular formula is C18H26N2O3. The molecule has 5 nitrogen and oxygen atoms in total. The van der Waals surface area contributed by atoms with Crippen molar-refractivity contribution in [3.8, 4) is 0 Å². The van der Waals surface area contributed by atoms with Crippen LogP contribution in [-0.2, 0) is 17.7 Å². The Labute approximate surface area is 137 Å². The molecule has 1 saturated heterocycles. The standard InChI is InChI=1S/C18H26N2O3/c1-5-13-6-7-15(21)20-10-12-8-14(16(13)20)11-19(9-12)17(22)23-18(2,3)4/h6-7,12,14H,5,8-11H2,1-4H3. The first-order chi connectivity index (χ1) is 10.8. The van der Waals surface area contributed by atoms with Crippen molar-refractivity contribution in [2.75, 3.05) is 13.1 Å². The summed E-state index contributed by atoms with van der Waals surface area (Å²) in [5, 5.41) is 0. The molecule has 1 aromatic rings. The Morgan fingerprint density at radius 3 is 2.65 bits per heavy atom. The van der Waals surface area contributed by atoms with Gasteiger partial charge in [0, 0.05) is 37.3 Å². The third-order valence-corrected chi connectivity index (χ3v) is 4.71. The van der Waals surface area contributed by atoms with Crippen LogP contribution in [0, 0.1) is 5.92 Å². The van der Waals surface area contributed by atoms with Gasteiger partial charge in [-0.3, -0.25) is 4.79 Å². The van der Waals surface area contributed by atoms with Crippen molar-refractivity contribution in [1.29, 1.82) is 0 Å². The number of carbonyl (C=O) groups excluding carboxylic acids is 1. The Morgan fingerprint density at radius 1 is 1.26 bits per heavy atom. The second-order valence-corrected chi connectivity index (χ2v) is 7.73. The molecule has 0 aliphatic carbocycles. The Hall–Kier alpha value is -1.78. The molecule has 0 aromatic carbocycles. The van der Waals surface area contributed by atoms with Crippen LogP contribution in [0.15, 0.2) is 16.9 Å². The SMILES string of the molecule is CCc1ccc(=O)n2c1C1CC(CN(C(=O)OC(C)(C)C)C1)C2. The highest BCUT2D eigenvalue weighted by Crippen LogP contribution is 2.37. The van der Waals surface area contributed by atoms with Crippen LogP contribution in [0.4, 0.5) is 4.79 Å². The number of hydrogen-bond acceptors (Lipinski definition) is 3. The van der Waals surface area contributed by atoms with E-state index < -0.39 is 5.60 Å². The summed E-state index contributed by atoms with van der Waals surface area (Å²) in [4.78, 5) is 26.5. The van der Waals surface area contributed by atoms with E-state index >= 15 is 0 Å². The lowest BCUT2D eigenvalue weighted by molar-refractivity contribution is 0.0101. The van der Waals surface area contributed by atoms with Gasteiger partial charge in [0.1, 0.15) is 5.60 Å². The van der Waals surface area contributed by atoms with Crippen LogP contribution in [0.3, 0.4) is 0 Å². The number of nitrogens with zero attached hydrogens (tertiary/aromatic N) is 2. The molecule has 2 aliphatic rings. The van der Waals surface area contributed by atoms with E-state index in [0.717, 1.165) is 18.5 Å². The Morgan fingerprint density at radius 2 is 2.00 bits per heavy atom. The van der Waals surface area contributed by atoms with Gasteiger partial charge in [-0.15, -0.1) is 0 Å². The molecule has 0 saturated carbocycles. The molecule has 3 heterocycles. The van der Waals surface area contributed by atoms with E-state index in [-0.39, 0.29) is 17.6 Å². The fourth-order valence-electron chi connectivity index (χ4n) is 3.88. The quantitative estimate of drug-likeness (QED) is 0.800. The maximum atomic E-state index is 12.4. The second-order valence-electron chi connectivity index (χ2n) is 7.73. The highest BCUT2D eigenvalue weighted by molar-refractivity contribution is 5.68. The van der Waals surface area contributed by atoms with Crippen LogP contribution in [0.1, 0.15) is 51.3 Å². The zero-order valence-corrected chi connectivity index (χ0v) is 14.5. The van der Waals surface area contributed by atoms with Crippen molar-refractivity contribution >= 4 is 6.09 Å². The fourth-order valence-corrected chi connectivity index (χ4v) is 3.88. The van der Waals surface area contributed by atoms with Gasteiger partial charge in [-0.2, -0.15) is 0 Å². The fraction of sp³-hybridized carbons (Fsp3) is 0.667. The lowest BCUT2D eigenvalue weighted by Crippen LogP contribution is -2.50. The average molecular weight is 318 g/mol. The number of aryl methyl sites for hydroxylation is 1. The number of carbonyl (C=O) groups is 1. The number of aromatic nitrogens is 1. The summed E-state index contributed by atoms with van der Waals surface area (Å²) in [6, 6.07) is 3.62. The number of fused-ring (bicyclic) bond motifs is 4. The number of pyridine rings is 1. The summed E-state index contributed by atoms with van der Waals surface area (Å²) < 4.78 is 7.46. The van der Waals surface area contributed by atoms with Crippen LogP contribution in [-0.4, -0.2) is 34.3 Å². The Balaban J connectivity index is 1.89. The number of likely N-dealkylation sites (tertiary alicyclic amines) is 1. The van der Waals surface area contributed by atoms with Gasteiger partial charge >= 0.3 is 6.09 Å². The van der Waals surface area contributed by atoms with E-state index in [1.165, 1.54) is 5.56 Å². The van der Waals surface area contributed by atoms with Gasteiger partial charge in [0.25, 0.3) is 5.56 Å². The van der Waals surface area contributed by atoms with E-state index in [2.05, 4.69) is 6.92 Å². The first-order valence-electron chi connectivity index (χ1n) is 8.49. The highest BCUT2D eigenvalue weighted by Gasteiger charge is 2.38. The first kappa shape index (κ1) is 16.1. The minimum Gasteiger partial charge on any atom is -0.444 e. The van der Waals surface area contributed by atoms with Crippen molar-refractivity contribution in [1.82, 2.24) is 9.47 Å². The minimum atomic E-state index is -0.479. The molecule has 2 unspecified atom stereocenters. The van der Waals surface area contributed by atoms with Crippen molar-refractivity contribution in [2.24, 2.45) is 5.92 Å². The summed E-state index contributed by atoms with van der Waals surface area (Å²) >= 11 is 0. The molecular weight excluding hydrogens is 292 g/mol. The molecule has 2 bridgehead atoms. The summed E-state index contributed by atoms with van der Waals surface area (Å²) in [5.74, 6) is 0.567. The van der Waals surface area contributed by atoms with E-state index in [1.807, 2.05) is 36.3 Å². The lowest BCUT2D eigenvalue weighted by Gasteiger charge is -2.43. The predicted molar refractivity (Wildman–Crippen MR) is 88.7 cm³/mol. The van der Waals surface area contributed by atoms with E-state index in [4.69, 9.17) is 4.74 Å². The van der Waals surface area contributed by atoms with Crippen LogP contribution < -0.4 is 5.56 Å². The van der Waals surface area contributed by atoms with Crippen LogP contribution in [0.25, 0.3) is 0 Å². The third kappa shape index (κ3) is 3.14. The molecule has 0 N–H and O–H groups in total. The van der Waals surface area contributed by atoms with Crippen LogP contribution >= 0.6 is 0 Å². The maximum Gasteiger partial charge on any atom is 0.410 e. The summed E-state index contributed by atoms with van der Waals surface area (Å²) in [5.41, 5.74) is 1.95. The lowest BCUT2D eigenvalue weighted by atomic mass is 9.81. The van der Waals surface area contributed by atoms with Gasteiger partial charge in [0.2, 0.25) is 0 Å². The summed E-state index contributed by atoms with van der Waals surface area (Å²) in [6.07, 6.45) is 1.72. The average Bonchev–Trinajstić information content (AvgIpc) is 2.46. The van der Waals surface area contributed by atoms with E-state index in [0.29, 0.717) is 25.6 Å². The molecule has 126 valence electrons. The van der Waals surface area contributed by atoms with Crippen molar-refractivity contribution in [2.45, 2.75) is 58.6 Å². The smallest absolute Gasteiger partial charge is 0.410 e. The molecule has 2 atom stereocenters. The van der Waals surface area contributed by atoms with Gasteiger partial charge in [0.05, 0.1) is 0 Å². The van der Waals surface area contributed by atoms with Crippen molar-refractivity contribution in [3.05, 3.63) is 33.7 Å². The van der Waals surface area contributed by atoms with Gasteiger partial charge in [-0.25, -0.2) is 4.79 Å². The van der Waals surface area contributed by atoms with Crippen LogP contribution in [0.5, 0.6) is 0 Å². The van der Waals surface area contributed by atoms with Crippen molar-refractivity contribution in [3.63, 3.8) is 0 Å². The largest absolute Gasteiger partial charge is 0.444 e. The number of hydrogen-bond donors (Lipinski definition) is 0. The van der Waals surface area contributed by atoms with Gasteiger partial charge in [-0.05, 0) is 45.1 Å². The minimum absolute atomic E-state index is 0.0811. The molecule has 23 heavy (non-hydrogen) atoms. The van der Waals surface area contributed by atoms with E-state index in [9.17, 15) is 9.59 Å². The second kappa shape index (κ2) is 5.69. The Bertz CT molecular complexity index is 672. The molecule has 1 fully saturated rings. The summed E-state index contributed by atoms with van der Waals surface area (Å²) in [7, 11) is 0. The molecule has 3 rings (SSSR count). The van der Waals surface area contributed by atoms with E-state index in [1.54, 1.807) is 6.07 Å². The van der Waals surface area contributed by atoms with Crippen LogP contribution in [0.2, 0.25) is 0 Å².